The fourth-order valence-electron chi connectivity index (χ4n) is 1.27. The van der Waals surface area contributed by atoms with Crippen molar-refractivity contribution in [1.82, 2.24) is 9.44 Å². The van der Waals surface area contributed by atoms with Gasteiger partial charge in [0.05, 0.1) is 11.2 Å². The lowest BCUT2D eigenvalue weighted by atomic mass is 10.4. The minimum Gasteiger partial charge on any atom is -0.385 e. The summed E-state index contributed by atoms with van der Waals surface area (Å²) in [5.74, 6) is 0. The molecule has 4 N–H and O–H groups in total. The maximum absolute atomic E-state index is 11.9. The van der Waals surface area contributed by atoms with Crippen LogP contribution in [-0.4, -0.2) is 41.1 Å². The molecule has 0 saturated carbocycles. The monoisotopic (exact) mass is 358 g/mol. The van der Waals surface area contributed by atoms with Crippen LogP contribution in [0.2, 0.25) is 0 Å². The first kappa shape index (κ1) is 17.8. The van der Waals surface area contributed by atoms with Gasteiger partial charge in [-0.25, -0.2) is 26.3 Å². The summed E-state index contributed by atoms with van der Waals surface area (Å²) in [6, 6.07) is 0.886. The van der Waals surface area contributed by atoms with Crippen molar-refractivity contribution in [2.75, 3.05) is 25.1 Å². The van der Waals surface area contributed by atoms with Crippen LogP contribution in [-0.2, 0) is 20.0 Å². The van der Waals surface area contributed by atoms with Crippen LogP contribution in [0.15, 0.2) is 10.3 Å². The minimum atomic E-state index is -3.90. The van der Waals surface area contributed by atoms with Crippen LogP contribution in [0.3, 0.4) is 0 Å². The molecular weight excluding hydrogens is 344 g/mol. The summed E-state index contributed by atoms with van der Waals surface area (Å²) in [7, 11) is -7.23. The van der Waals surface area contributed by atoms with E-state index in [-0.39, 0.29) is 28.7 Å². The van der Waals surface area contributed by atoms with Gasteiger partial charge in [0.25, 0.3) is 0 Å². The number of nitrogen functional groups attached to an aromatic ring is 1. The van der Waals surface area contributed by atoms with Gasteiger partial charge in [0, 0.05) is 19.2 Å². The lowest BCUT2D eigenvalue weighted by Gasteiger charge is -2.04. The Bertz CT molecular complexity index is 723. The van der Waals surface area contributed by atoms with Gasteiger partial charge in [0.2, 0.25) is 20.0 Å². The molecule has 0 aliphatic rings. The largest absolute Gasteiger partial charge is 0.385 e. The maximum Gasteiger partial charge on any atom is 0.304 e. The summed E-state index contributed by atoms with van der Waals surface area (Å²) in [4.78, 5) is 9.84. The third-order valence-corrected chi connectivity index (χ3v) is 5.81. The third-order valence-electron chi connectivity index (χ3n) is 2.19. The van der Waals surface area contributed by atoms with Crippen molar-refractivity contribution in [2.45, 2.75) is 10.6 Å². The number of thiophene rings is 1. The van der Waals surface area contributed by atoms with Crippen LogP contribution in [0, 0.1) is 10.1 Å². The molecule has 21 heavy (non-hydrogen) atoms. The molecule has 0 unspecified atom stereocenters. The zero-order valence-corrected chi connectivity index (χ0v) is 13.3. The van der Waals surface area contributed by atoms with Crippen LogP contribution in [0.4, 0.5) is 10.7 Å². The van der Waals surface area contributed by atoms with Gasteiger partial charge >= 0.3 is 5.69 Å². The van der Waals surface area contributed by atoms with Crippen molar-refractivity contribution in [3.8, 4) is 0 Å². The van der Waals surface area contributed by atoms with E-state index in [0.717, 1.165) is 12.3 Å². The quantitative estimate of drug-likeness (QED) is 0.319. The lowest BCUT2D eigenvalue weighted by molar-refractivity contribution is -0.383. The highest BCUT2D eigenvalue weighted by Crippen LogP contribution is 2.34. The molecule has 0 aromatic carbocycles. The van der Waals surface area contributed by atoms with E-state index >= 15 is 0 Å². The highest BCUT2D eigenvalue weighted by atomic mass is 32.2. The minimum absolute atomic E-state index is 0.0174. The molecule has 0 bridgehead atoms. The average molecular weight is 358 g/mol. The van der Waals surface area contributed by atoms with Crippen LogP contribution < -0.4 is 15.2 Å². The Morgan fingerprint density at radius 3 is 2.33 bits per heavy atom. The van der Waals surface area contributed by atoms with Crippen LogP contribution in [0.1, 0.15) is 6.42 Å². The molecule has 1 aromatic rings. The van der Waals surface area contributed by atoms with Crippen molar-refractivity contribution < 1.29 is 21.8 Å². The van der Waals surface area contributed by atoms with E-state index in [1.54, 1.807) is 0 Å². The summed E-state index contributed by atoms with van der Waals surface area (Å²) >= 11 is 0.592. The second-order valence-electron chi connectivity index (χ2n) is 3.99. The number of nitrogens with zero attached hydrogens (tertiary/aromatic N) is 1. The topological polar surface area (TPSA) is 162 Å². The normalized spacial score (nSPS) is 12.4. The van der Waals surface area contributed by atoms with E-state index in [1.165, 1.54) is 0 Å². The average Bonchev–Trinajstić information content (AvgIpc) is 2.70. The Kier molecular flexibility index (Phi) is 5.63. The molecule has 1 aromatic heterocycles. The summed E-state index contributed by atoms with van der Waals surface area (Å²) in [6.07, 6.45) is 1.22. The molecule has 1 heterocycles. The van der Waals surface area contributed by atoms with Crippen molar-refractivity contribution >= 4 is 42.1 Å². The number of rotatable bonds is 8. The van der Waals surface area contributed by atoms with Gasteiger partial charge in [0.15, 0.2) is 5.00 Å². The predicted octanol–water partition coefficient (Wildman–Crippen LogP) is -0.544. The van der Waals surface area contributed by atoms with Gasteiger partial charge in [0.1, 0.15) is 4.21 Å². The van der Waals surface area contributed by atoms with E-state index in [9.17, 15) is 26.9 Å². The fraction of sp³-hybridized carbons (Fsp3) is 0.500. The SMILES string of the molecule is CS(=O)(=O)NCCCNS(=O)(=O)c1cc([N+](=O)[O-])c(N)s1. The zero-order valence-electron chi connectivity index (χ0n) is 10.9. The highest BCUT2D eigenvalue weighted by Gasteiger charge is 2.24. The Morgan fingerprint density at radius 2 is 1.86 bits per heavy atom. The molecule has 10 nitrogen and oxygen atoms in total. The summed E-state index contributed by atoms with van der Waals surface area (Å²) in [6.45, 7) is 0.0601. The first-order valence-electron chi connectivity index (χ1n) is 5.51. The molecule has 120 valence electrons. The van der Waals surface area contributed by atoms with Crippen LogP contribution >= 0.6 is 11.3 Å². The number of hydrogen-bond donors (Lipinski definition) is 3. The molecule has 13 heteroatoms. The number of nitrogens with one attached hydrogen (secondary N) is 2. The van der Waals surface area contributed by atoms with Crippen LogP contribution in [0.5, 0.6) is 0 Å². The van der Waals surface area contributed by atoms with Crippen molar-refractivity contribution in [3.05, 3.63) is 16.2 Å². The third kappa shape index (κ3) is 5.55. The number of nitrogens with two attached hydrogens (primary N) is 1. The fourth-order valence-corrected chi connectivity index (χ4v) is 4.12. The van der Waals surface area contributed by atoms with Crippen molar-refractivity contribution in [1.29, 1.82) is 0 Å². The second-order valence-corrected chi connectivity index (χ2v) is 8.90. The van der Waals surface area contributed by atoms with Gasteiger partial charge in [-0.3, -0.25) is 10.1 Å². The molecule has 0 saturated heterocycles. The molecule has 0 aliphatic carbocycles. The number of hydrogen-bond acceptors (Lipinski definition) is 8. The van der Waals surface area contributed by atoms with Gasteiger partial charge < -0.3 is 5.73 Å². The van der Waals surface area contributed by atoms with Gasteiger partial charge in [-0.15, -0.1) is 0 Å². The van der Waals surface area contributed by atoms with E-state index in [0.29, 0.717) is 11.3 Å². The van der Waals surface area contributed by atoms with E-state index in [4.69, 9.17) is 5.73 Å². The summed E-state index contributed by atoms with van der Waals surface area (Å²) in [5, 5.41) is 10.4. The molecule has 0 amide bonds. The standard InChI is InChI=1S/C8H14N4O6S3/c1-20(15,16)10-3-2-4-11-21(17,18)7-5-6(12(13)14)8(9)19-7/h5,10-11H,2-4,9H2,1H3. The molecule has 0 spiro atoms. The smallest absolute Gasteiger partial charge is 0.304 e. The second kappa shape index (κ2) is 6.65. The lowest BCUT2D eigenvalue weighted by Crippen LogP contribution is -2.29. The Morgan fingerprint density at radius 1 is 1.29 bits per heavy atom. The van der Waals surface area contributed by atoms with E-state index in [2.05, 4.69) is 9.44 Å². The highest BCUT2D eigenvalue weighted by molar-refractivity contribution is 7.91. The Labute approximate surface area is 125 Å². The maximum atomic E-state index is 11.9. The molecule has 0 atom stereocenters. The van der Waals surface area contributed by atoms with Crippen LogP contribution in [0.25, 0.3) is 0 Å². The molecule has 1 rings (SSSR count). The molecule has 0 fully saturated rings. The van der Waals surface area contributed by atoms with Gasteiger partial charge in [-0.2, -0.15) is 0 Å². The predicted molar refractivity (Wildman–Crippen MR) is 78.0 cm³/mol. The number of sulfonamides is 2. The molecule has 0 aliphatic heterocycles. The van der Waals surface area contributed by atoms with Crippen molar-refractivity contribution in [3.63, 3.8) is 0 Å². The van der Waals surface area contributed by atoms with E-state index in [1.807, 2.05) is 0 Å². The number of nitro groups is 1. The van der Waals surface area contributed by atoms with Gasteiger partial charge in [-0.05, 0) is 6.42 Å². The van der Waals surface area contributed by atoms with E-state index < -0.39 is 30.7 Å². The Balaban J connectivity index is 2.62. The van der Waals surface area contributed by atoms with Gasteiger partial charge in [-0.1, -0.05) is 11.3 Å². The summed E-state index contributed by atoms with van der Waals surface area (Å²) < 4.78 is 49.5. The Hall–Kier alpha value is -1.28. The first-order valence-corrected chi connectivity index (χ1v) is 9.70. The number of anilines is 1. The first-order chi connectivity index (χ1) is 9.53. The van der Waals surface area contributed by atoms with Crippen molar-refractivity contribution in [2.24, 2.45) is 0 Å². The zero-order chi connectivity index (χ0) is 16.3. The molecular formula is C8H14N4O6S3. The molecule has 0 radical (unpaired) electrons. The summed E-state index contributed by atoms with van der Waals surface area (Å²) in [5.41, 5.74) is 4.91.